The van der Waals surface area contributed by atoms with E-state index in [0.29, 0.717) is 5.56 Å². The van der Waals surface area contributed by atoms with Gasteiger partial charge in [-0.05, 0) is 36.6 Å². The predicted molar refractivity (Wildman–Crippen MR) is 110 cm³/mol. The number of hydrogen-bond donors (Lipinski definition) is 0. The first-order valence-electron chi connectivity index (χ1n) is 8.76. The van der Waals surface area contributed by atoms with E-state index in [2.05, 4.69) is 12.0 Å². The Morgan fingerprint density at radius 2 is 1.66 bits per heavy atom. The Morgan fingerprint density at radius 1 is 0.966 bits per heavy atom. The van der Waals surface area contributed by atoms with Gasteiger partial charge in [0.1, 0.15) is 0 Å². The van der Waals surface area contributed by atoms with Gasteiger partial charge in [0.15, 0.2) is 0 Å². The molecule has 6 nitrogen and oxygen atoms in total. The Bertz CT molecular complexity index is 1180. The highest BCUT2D eigenvalue weighted by Crippen LogP contribution is 2.19. The molecule has 3 rings (SSSR count). The molecular formula is C22H18N2O4S. The lowest BCUT2D eigenvalue weighted by molar-refractivity contribution is -0.384. The number of non-ortho nitro benzene ring substituents is 1. The molecule has 0 bridgehead atoms. The molecular weight excluding hydrogens is 388 g/mol. The minimum absolute atomic E-state index is 0.0545. The Hall–Kier alpha value is -3.63. The van der Waals surface area contributed by atoms with Gasteiger partial charge in [-0.25, -0.2) is 12.7 Å². The molecule has 0 atom stereocenters. The monoisotopic (exact) mass is 406 g/mol. The number of benzene rings is 3. The number of aryl methyl sites for hydroxylation is 1. The number of hydrogen-bond acceptors (Lipinski definition) is 4. The van der Waals surface area contributed by atoms with Gasteiger partial charge in [-0.15, -0.1) is 0 Å². The van der Waals surface area contributed by atoms with Crippen molar-refractivity contribution in [2.24, 2.45) is 0 Å². The average Bonchev–Trinajstić information content (AvgIpc) is 2.72. The zero-order chi connectivity index (χ0) is 20.9. The first-order valence-corrected chi connectivity index (χ1v) is 10.2. The third kappa shape index (κ3) is 5.00. The van der Waals surface area contributed by atoms with E-state index >= 15 is 0 Å². The molecule has 0 saturated carbocycles. The largest absolute Gasteiger partial charge is 0.271 e. The Kier molecular flexibility index (Phi) is 5.96. The van der Waals surface area contributed by atoms with E-state index in [4.69, 9.17) is 0 Å². The van der Waals surface area contributed by atoms with Crippen LogP contribution in [0.3, 0.4) is 0 Å². The maximum absolute atomic E-state index is 13.2. The maximum atomic E-state index is 13.2. The number of nitro benzene ring substituents is 1. The second-order valence-electron chi connectivity index (χ2n) is 6.35. The normalized spacial score (nSPS) is 10.7. The summed E-state index contributed by atoms with van der Waals surface area (Å²) >= 11 is 0. The third-order valence-electron chi connectivity index (χ3n) is 4.16. The quantitative estimate of drug-likeness (QED) is 0.276. The second-order valence-corrected chi connectivity index (χ2v) is 8.22. The summed E-state index contributed by atoms with van der Waals surface area (Å²) in [6, 6.07) is 24.1. The Morgan fingerprint density at radius 3 is 2.31 bits per heavy atom. The molecule has 0 amide bonds. The van der Waals surface area contributed by atoms with Crippen LogP contribution in [-0.2, 0) is 16.6 Å². The molecule has 146 valence electrons. The summed E-state index contributed by atoms with van der Waals surface area (Å²) in [4.78, 5) is 10.6. The maximum Gasteiger partial charge on any atom is 0.271 e. The topological polar surface area (TPSA) is 80.5 Å². The van der Waals surface area contributed by atoms with Gasteiger partial charge < -0.3 is 0 Å². The smallest absolute Gasteiger partial charge is 0.258 e. The molecule has 0 heterocycles. The molecule has 0 aliphatic heterocycles. The average molecular weight is 406 g/mol. The summed E-state index contributed by atoms with van der Waals surface area (Å²) in [5.74, 6) is 2.74. The highest BCUT2D eigenvalue weighted by molar-refractivity contribution is 7.89. The number of nitro groups is 1. The van der Waals surface area contributed by atoms with Gasteiger partial charge in [0.2, 0.25) is 0 Å². The van der Waals surface area contributed by atoms with Crippen molar-refractivity contribution in [2.45, 2.75) is 18.4 Å². The standard InChI is InChI=1S/C22H18N2O4S/c1-18-10-12-22(13-11-18)29(27,28)23(17-20-6-3-2-4-7-20)15-14-19-8-5-9-21(16-19)24(25)26/h2-13,16H,17H2,1H3. The first kappa shape index (κ1) is 20.1. The van der Waals surface area contributed by atoms with Crippen molar-refractivity contribution in [3.05, 3.63) is 106 Å². The van der Waals surface area contributed by atoms with Crippen LogP contribution in [0.2, 0.25) is 0 Å². The van der Waals surface area contributed by atoms with Crippen molar-refractivity contribution in [2.75, 3.05) is 0 Å². The first-order chi connectivity index (χ1) is 13.9. The Labute approximate surface area is 169 Å². The predicted octanol–water partition coefficient (Wildman–Crippen LogP) is 4.10. The van der Waals surface area contributed by atoms with Crippen molar-refractivity contribution in [1.82, 2.24) is 4.31 Å². The lowest BCUT2D eigenvalue weighted by atomic mass is 10.2. The molecule has 0 aliphatic rings. The van der Waals surface area contributed by atoms with Gasteiger partial charge in [-0.1, -0.05) is 54.1 Å². The van der Waals surface area contributed by atoms with Crippen molar-refractivity contribution >= 4 is 15.7 Å². The molecule has 29 heavy (non-hydrogen) atoms. The molecule has 0 unspecified atom stereocenters. The fourth-order valence-electron chi connectivity index (χ4n) is 2.60. The molecule has 0 fully saturated rings. The third-order valence-corrected chi connectivity index (χ3v) is 5.83. The van der Waals surface area contributed by atoms with E-state index < -0.39 is 14.9 Å². The zero-order valence-electron chi connectivity index (χ0n) is 15.6. The highest BCUT2D eigenvalue weighted by atomic mass is 32.2. The van der Waals surface area contributed by atoms with Crippen LogP contribution in [0.5, 0.6) is 0 Å². The van der Waals surface area contributed by atoms with Gasteiger partial charge in [0.05, 0.1) is 16.4 Å². The van der Waals surface area contributed by atoms with Gasteiger partial charge in [-0.2, -0.15) is 0 Å². The van der Waals surface area contributed by atoms with Crippen molar-refractivity contribution < 1.29 is 13.3 Å². The SMILES string of the molecule is Cc1ccc(S(=O)(=O)N(C#Cc2cccc([N+](=O)[O-])c2)Cc2ccccc2)cc1. The molecule has 0 aromatic heterocycles. The van der Waals surface area contributed by atoms with Crippen LogP contribution in [-0.4, -0.2) is 17.6 Å². The lowest BCUT2D eigenvalue weighted by Crippen LogP contribution is -2.26. The molecule has 3 aromatic carbocycles. The second kappa shape index (κ2) is 8.59. The number of sulfonamides is 1. The van der Waals surface area contributed by atoms with E-state index in [1.165, 1.54) is 30.3 Å². The van der Waals surface area contributed by atoms with Crippen LogP contribution < -0.4 is 0 Å². The van der Waals surface area contributed by atoms with Crippen LogP contribution in [0, 0.1) is 29.0 Å². The molecule has 0 saturated heterocycles. The summed E-state index contributed by atoms with van der Waals surface area (Å²) in [5, 5.41) is 11.0. The number of nitrogens with zero attached hydrogens (tertiary/aromatic N) is 2. The van der Waals surface area contributed by atoms with E-state index in [-0.39, 0.29) is 17.1 Å². The molecule has 3 aromatic rings. The summed E-state index contributed by atoms with van der Waals surface area (Å²) in [6.07, 6.45) is 0. The van der Waals surface area contributed by atoms with Crippen molar-refractivity contribution in [3.63, 3.8) is 0 Å². The van der Waals surface area contributed by atoms with E-state index in [1.54, 1.807) is 18.2 Å². The lowest BCUT2D eigenvalue weighted by Gasteiger charge is -2.18. The number of rotatable bonds is 5. The Balaban J connectivity index is 2.01. The highest BCUT2D eigenvalue weighted by Gasteiger charge is 2.22. The van der Waals surface area contributed by atoms with E-state index in [0.717, 1.165) is 15.4 Å². The molecule has 0 N–H and O–H groups in total. The fourth-order valence-corrected chi connectivity index (χ4v) is 3.81. The molecule has 0 radical (unpaired) electrons. The summed E-state index contributed by atoms with van der Waals surface area (Å²) in [5.41, 5.74) is 1.97. The summed E-state index contributed by atoms with van der Waals surface area (Å²) < 4.78 is 27.4. The van der Waals surface area contributed by atoms with Crippen LogP contribution in [0.25, 0.3) is 0 Å². The van der Waals surface area contributed by atoms with Gasteiger partial charge in [0, 0.05) is 23.7 Å². The summed E-state index contributed by atoms with van der Waals surface area (Å²) in [6.45, 7) is 1.93. The zero-order valence-corrected chi connectivity index (χ0v) is 16.5. The fraction of sp³-hybridized carbons (Fsp3) is 0.0909. The summed E-state index contributed by atoms with van der Waals surface area (Å²) in [7, 11) is -3.89. The van der Waals surface area contributed by atoms with Crippen LogP contribution >= 0.6 is 0 Å². The minimum atomic E-state index is -3.89. The van der Waals surface area contributed by atoms with E-state index in [9.17, 15) is 18.5 Å². The molecule has 0 spiro atoms. The van der Waals surface area contributed by atoms with Crippen LogP contribution in [0.4, 0.5) is 5.69 Å². The molecule has 0 aliphatic carbocycles. The van der Waals surface area contributed by atoms with Gasteiger partial charge in [0.25, 0.3) is 15.7 Å². The van der Waals surface area contributed by atoms with Crippen LogP contribution in [0.1, 0.15) is 16.7 Å². The minimum Gasteiger partial charge on any atom is -0.258 e. The van der Waals surface area contributed by atoms with Crippen molar-refractivity contribution in [3.8, 4) is 12.0 Å². The van der Waals surface area contributed by atoms with Gasteiger partial charge >= 0.3 is 0 Å². The van der Waals surface area contributed by atoms with Gasteiger partial charge in [-0.3, -0.25) is 10.1 Å². The molecule has 7 heteroatoms. The van der Waals surface area contributed by atoms with Crippen molar-refractivity contribution in [1.29, 1.82) is 0 Å². The van der Waals surface area contributed by atoms with Crippen LogP contribution in [0.15, 0.2) is 83.8 Å². The van der Waals surface area contributed by atoms with E-state index in [1.807, 2.05) is 37.3 Å².